The Balaban J connectivity index is 0.897. The lowest BCUT2D eigenvalue weighted by molar-refractivity contribution is 0.296. The Morgan fingerprint density at radius 1 is 0.638 bits per heavy atom. The summed E-state index contributed by atoms with van der Waals surface area (Å²) in [7, 11) is 0. The molecule has 0 amide bonds. The molecule has 3 aromatic carbocycles. The molecule has 11 rings (SSSR count). The van der Waals surface area contributed by atoms with E-state index >= 15 is 0 Å². The Labute approximate surface area is 343 Å². The number of hydrogen-bond donors (Lipinski definition) is 1. The third-order valence-corrected chi connectivity index (χ3v) is 13.2. The van der Waals surface area contributed by atoms with E-state index in [0.29, 0.717) is 17.9 Å². The fourth-order valence-electron chi connectivity index (χ4n) is 10.4. The summed E-state index contributed by atoms with van der Waals surface area (Å²) in [5, 5.41) is 3.74. The van der Waals surface area contributed by atoms with Gasteiger partial charge >= 0.3 is 0 Å². The second-order valence-electron chi connectivity index (χ2n) is 16.6. The summed E-state index contributed by atoms with van der Waals surface area (Å²) in [6.07, 6.45) is 41.6. The van der Waals surface area contributed by atoms with Crippen molar-refractivity contribution in [3.63, 3.8) is 0 Å². The molecular formula is C54H50N4. The number of allylic oxidation sites excluding steroid dienone is 13. The van der Waals surface area contributed by atoms with Gasteiger partial charge < -0.3 is 15.1 Å². The molecule has 4 atom stereocenters. The fourth-order valence-corrected chi connectivity index (χ4v) is 10.4. The Hall–Kier alpha value is -6.13. The van der Waals surface area contributed by atoms with Crippen molar-refractivity contribution in [3.8, 4) is 0 Å². The highest BCUT2D eigenvalue weighted by molar-refractivity contribution is 6.13. The molecule has 0 aromatic heterocycles. The van der Waals surface area contributed by atoms with E-state index < -0.39 is 0 Å². The Morgan fingerprint density at radius 2 is 1.45 bits per heavy atom. The van der Waals surface area contributed by atoms with Crippen molar-refractivity contribution in [1.82, 2.24) is 15.1 Å². The highest BCUT2D eigenvalue weighted by Gasteiger charge is 2.47. The molecule has 5 aliphatic carbocycles. The minimum Gasteiger partial charge on any atom is -0.360 e. The maximum atomic E-state index is 5.13. The minimum absolute atomic E-state index is 0.148. The molecule has 3 aliphatic heterocycles. The lowest BCUT2D eigenvalue weighted by Gasteiger charge is -2.39. The van der Waals surface area contributed by atoms with Gasteiger partial charge in [0, 0.05) is 46.2 Å². The van der Waals surface area contributed by atoms with Crippen LogP contribution in [0.1, 0.15) is 92.1 Å². The van der Waals surface area contributed by atoms with Crippen LogP contribution in [0.25, 0.3) is 5.70 Å². The Bertz CT molecular complexity index is 2510. The lowest BCUT2D eigenvalue weighted by atomic mass is 9.80. The fraction of sp³-hybridized carbons (Fsp3) is 0.241. The molecule has 0 fully saturated rings. The van der Waals surface area contributed by atoms with E-state index in [1.165, 1.54) is 51.6 Å². The van der Waals surface area contributed by atoms with Crippen LogP contribution >= 0.6 is 0 Å². The monoisotopic (exact) mass is 754 g/mol. The molecule has 4 unspecified atom stereocenters. The second-order valence-corrected chi connectivity index (χ2v) is 16.6. The molecule has 0 saturated carbocycles. The topological polar surface area (TPSA) is 30.9 Å². The number of nitrogens with one attached hydrogen (secondary N) is 1. The van der Waals surface area contributed by atoms with E-state index in [9.17, 15) is 0 Å². The SMILES string of the molecule is C1=CC(N2C3=C(C4=C(C=CCC4)N(C4=CCC(c5ccc(C6=CC(c7ccccc7)=NC(c7ccccc7)N6)cc5)C=C4)C4=CCCC=C43)C3C=CCCC32)=CCC1. The predicted molar refractivity (Wildman–Crippen MR) is 238 cm³/mol. The van der Waals surface area contributed by atoms with Crippen LogP contribution in [0.15, 0.2) is 214 Å². The van der Waals surface area contributed by atoms with Gasteiger partial charge in [0.05, 0.1) is 17.1 Å². The Morgan fingerprint density at radius 3 is 2.26 bits per heavy atom. The van der Waals surface area contributed by atoms with Gasteiger partial charge in [0.2, 0.25) is 0 Å². The van der Waals surface area contributed by atoms with E-state index in [2.05, 4.69) is 179 Å². The van der Waals surface area contributed by atoms with E-state index in [0.717, 1.165) is 73.9 Å². The maximum absolute atomic E-state index is 5.13. The summed E-state index contributed by atoms with van der Waals surface area (Å²) < 4.78 is 0. The highest BCUT2D eigenvalue weighted by atomic mass is 15.2. The zero-order chi connectivity index (χ0) is 38.4. The van der Waals surface area contributed by atoms with Gasteiger partial charge in [-0.05, 0) is 115 Å². The van der Waals surface area contributed by atoms with Crippen molar-refractivity contribution in [3.05, 3.63) is 231 Å². The third-order valence-electron chi connectivity index (χ3n) is 13.2. The molecule has 8 aliphatic rings. The van der Waals surface area contributed by atoms with Crippen LogP contribution in [-0.4, -0.2) is 21.6 Å². The van der Waals surface area contributed by atoms with Crippen molar-refractivity contribution in [1.29, 1.82) is 0 Å². The molecule has 0 saturated heterocycles. The van der Waals surface area contributed by atoms with E-state index in [1.807, 2.05) is 0 Å². The molecule has 3 aromatic rings. The summed E-state index contributed by atoms with van der Waals surface area (Å²) in [4.78, 5) is 10.5. The minimum atomic E-state index is -0.148. The highest BCUT2D eigenvalue weighted by Crippen LogP contribution is 2.55. The molecule has 0 radical (unpaired) electrons. The number of hydrogen-bond acceptors (Lipinski definition) is 4. The summed E-state index contributed by atoms with van der Waals surface area (Å²) >= 11 is 0. The molecule has 58 heavy (non-hydrogen) atoms. The molecule has 4 heteroatoms. The first-order valence-corrected chi connectivity index (χ1v) is 21.6. The van der Waals surface area contributed by atoms with Crippen LogP contribution in [0.3, 0.4) is 0 Å². The molecule has 0 bridgehead atoms. The van der Waals surface area contributed by atoms with Gasteiger partial charge in [0.25, 0.3) is 0 Å². The van der Waals surface area contributed by atoms with Gasteiger partial charge in [-0.25, -0.2) is 0 Å². The summed E-state index contributed by atoms with van der Waals surface area (Å²) in [5.41, 5.74) is 18.4. The van der Waals surface area contributed by atoms with Crippen LogP contribution < -0.4 is 5.32 Å². The van der Waals surface area contributed by atoms with Gasteiger partial charge in [-0.15, -0.1) is 0 Å². The van der Waals surface area contributed by atoms with Crippen LogP contribution in [0.4, 0.5) is 0 Å². The average molecular weight is 755 g/mol. The maximum Gasteiger partial charge on any atom is 0.145 e. The average Bonchev–Trinajstić information content (AvgIpc) is 3.59. The second kappa shape index (κ2) is 15.0. The lowest BCUT2D eigenvalue weighted by Crippen LogP contribution is -2.36. The normalized spacial score (nSPS) is 25.9. The predicted octanol–water partition coefficient (Wildman–Crippen LogP) is 12.4. The molecular weight excluding hydrogens is 705 g/mol. The van der Waals surface area contributed by atoms with Crippen LogP contribution in [0.5, 0.6) is 0 Å². The smallest absolute Gasteiger partial charge is 0.145 e. The first kappa shape index (κ1) is 35.1. The zero-order valence-electron chi connectivity index (χ0n) is 33.1. The van der Waals surface area contributed by atoms with Crippen LogP contribution in [0.2, 0.25) is 0 Å². The van der Waals surface area contributed by atoms with Crippen molar-refractivity contribution in [2.24, 2.45) is 10.9 Å². The van der Waals surface area contributed by atoms with Crippen molar-refractivity contribution in [2.45, 2.75) is 75.9 Å². The number of fused-ring (bicyclic) bond motifs is 5. The largest absolute Gasteiger partial charge is 0.360 e. The van der Waals surface area contributed by atoms with Crippen LogP contribution in [-0.2, 0) is 0 Å². The summed E-state index contributed by atoms with van der Waals surface area (Å²) in [6.45, 7) is 0. The van der Waals surface area contributed by atoms with E-state index in [1.54, 1.807) is 11.1 Å². The number of rotatable bonds is 6. The van der Waals surface area contributed by atoms with Gasteiger partial charge in [-0.3, -0.25) is 4.99 Å². The number of aliphatic imine (C=N–C) groups is 1. The first-order valence-electron chi connectivity index (χ1n) is 21.6. The van der Waals surface area contributed by atoms with Gasteiger partial charge in [-0.2, -0.15) is 0 Å². The Kier molecular flexibility index (Phi) is 9.06. The number of benzene rings is 3. The zero-order valence-corrected chi connectivity index (χ0v) is 33.1. The van der Waals surface area contributed by atoms with Crippen molar-refractivity contribution in [2.75, 3.05) is 0 Å². The van der Waals surface area contributed by atoms with E-state index in [4.69, 9.17) is 4.99 Å². The standard InChI is InChI=1S/C54H50N4/c1-4-16-39(17-5-1)47-36-48(56-54(55-47)41-18-6-2-7-19-41)40-30-28-37(29-31-40)38-32-34-43(35-33-38)57-49-25-13-10-22-44(49)52-45-23-11-14-26-50(45)58(42-20-8-3-9-21-42)53(52)46-24-12-15-27-51(46)57/h1-2,4-8,11,13,16-21,23-25,27-32,34-36,38,45,50,54,56H,3,9-10,12,14-15,22,26,33H2. The van der Waals surface area contributed by atoms with Crippen LogP contribution in [0, 0.1) is 5.92 Å². The third kappa shape index (κ3) is 6.18. The summed E-state index contributed by atoms with van der Waals surface area (Å²) in [5.74, 6) is 0.740. The van der Waals surface area contributed by atoms with Gasteiger partial charge in [-0.1, -0.05) is 140 Å². The first-order chi connectivity index (χ1) is 28.8. The molecule has 286 valence electrons. The number of nitrogens with zero attached hydrogens (tertiary/aromatic N) is 3. The van der Waals surface area contributed by atoms with Crippen molar-refractivity contribution >= 4 is 11.4 Å². The van der Waals surface area contributed by atoms with Gasteiger partial charge in [0.15, 0.2) is 0 Å². The molecule has 3 heterocycles. The molecule has 4 nitrogen and oxygen atoms in total. The molecule has 0 spiro atoms. The quantitative estimate of drug-likeness (QED) is 0.254. The summed E-state index contributed by atoms with van der Waals surface area (Å²) in [6, 6.07) is 30.7. The molecule has 1 N–H and O–H groups in total. The van der Waals surface area contributed by atoms with Gasteiger partial charge in [0.1, 0.15) is 6.17 Å². The van der Waals surface area contributed by atoms with Crippen molar-refractivity contribution < 1.29 is 0 Å². The van der Waals surface area contributed by atoms with E-state index in [-0.39, 0.29) is 6.17 Å².